The van der Waals surface area contributed by atoms with Crippen LogP contribution in [0.1, 0.15) is 39.8 Å². The van der Waals surface area contributed by atoms with Gasteiger partial charge in [-0.15, -0.1) is 0 Å². The number of nitrogens with zero attached hydrogens (tertiary/aromatic N) is 2. The Morgan fingerprint density at radius 3 is 2.89 bits per heavy atom. The molecule has 18 heavy (non-hydrogen) atoms. The second-order valence-electron chi connectivity index (χ2n) is 4.10. The Balaban J connectivity index is 3.03. The van der Waals surface area contributed by atoms with E-state index in [1.165, 1.54) is 0 Å². The van der Waals surface area contributed by atoms with Crippen LogP contribution < -0.4 is 10.7 Å². The van der Waals surface area contributed by atoms with Crippen molar-refractivity contribution < 1.29 is 4.74 Å². The SMILES string of the molecule is C=c1nc(Cl)n(C(C)OCCCC)c1=CC=CC. The van der Waals surface area contributed by atoms with Crippen LogP contribution in [0.25, 0.3) is 12.7 Å². The molecule has 0 N–H and O–H groups in total. The van der Waals surface area contributed by atoms with Crippen molar-refractivity contribution in [1.82, 2.24) is 9.55 Å². The lowest BCUT2D eigenvalue weighted by molar-refractivity contribution is 0.0131. The van der Waals surface area contributed by atoms with Gasteiger partial charge in [0.1, 0.15) is 6.23 Å². The molecular formula is C14H21ClN2O. The van der Waals surface area contributed by atoms with Crippen LogP contribution in [0.4, 0.5) is 0 Å². The molecule has 0 saturated heterocycles. The molecule has 4 heteroatoms. The van der Waals surface area contributed by atoms with Gasteiger partial charge in [0, 0.05) is 6.61 Å². The molecule has 0 aliphatic rings. The number of halogens is 1. The highest BCUT2D eigenvalue weighted by Gasteiger charge is 2.11. The Labute approximate surface area is 113 Å². The van der Waals surface area contributed by atoms with Crippen LogP contribution in [0.3, 0.4) is 0 Å². The maximum Gasteiger partial charge on any atom is 0.205 e. The summed E-state index contributed by atoms with van der Waals surface area (Å²) in [6.45, 7) is 10.7. The third-order valence-corrected chi connectivity index (χ3v) is 2.91. The van der Waals surface area contributed by atoms with E-state index in [0.717, 1.165) is 24.8 Å². The van der Waals surface area contributed by atoms with Crippen molar-refractivity contribution in [3.63, 3.8) is 0 Å². The average molecular weight is 269 g/mol. The Morgan fingerprint density at radius 1 is 1.56 bits per heavy atom. The molecule has 0 aliphatic carbocycles. The molecule has 1 atom stereocenters. The van der Waals surface area contributed by atoms with Crippen molar-refractivity contribution in [3.05, 3.63) is 28.1 Å². The average Bonchev–Trinajstić information content (AvgIpc) is 2.61. The second kappa shape index (κ2) is 7.39. The summed E-state index contributed by atoms with van der Waals surface area (Å²) in [6.07, 6.45) is 7.86. The molecule has 1 unspecified atom stereocenters. The summed E-state index contributed by atoms with van der Waals surface area (Å²) in [7, 11) is 0. The van der Waals surface area contributed by atoms with Gasteiger partial charge in [0.05, 0.1) is 10.7 Å². The highest BCUT2D eigenvalue weighted by Crippen LogP contribution is 2.11. The molecule has 100 valence electrons. The minimum Gasteiger partial charge on any atom is -0.358 e. The van der Waals surface area contributed by atoms with Crippen molar-refractivity contribution in [2.75, 3.05) is 6.61 Å². The van der Waals surface area contributed by atoms with Crippen LogP contribution in [0.15, 0.2) is 12.2 Å². The first-order chi connectivity index (χ1) is 8.61. The lowest BCUT2D eigenvalue weighted by Gasteiger charge is -2.15. The third kappa shape index (κ3) is 3.72. The van der Waals surface area contributed by atoms with Gasteiger partial charge >= 0.3 is 0 Å². The smallest absolute Gasteiger partial charge is 0.205 e. The molecule has 1 rings (SSSR count). The Hall–Kier alpha value is -1.06. The predicted octanol–water partition coefficient (Wildman–Crippen LogP) is 2.64. The first-order valence-corrected chi connectivity index (χ1v) is 6.66. The summed E-state index contributed by atoms with van der Waals surface area (Å²) in [6, 6.07) is 0. The molecule has 0 bridgehead atoms. The molecule has 3 nitrogen and oxygen atoms in total. The molecule has 0 aromatic carbocycles. The van der Waals surface area contributed by atoms with E-state index < -0.39 is 0 Å². The van der Waals surface area contributed by atoms with E-state index in [9.17, 15) is 0 Å². The molecule has 1 aromatic rings. The normalized spacial score (nSPS) is 14.6. The van der Waals surface area contributed by atoms with Crippen molar-refractivity contribution in [1.29, 1.82) is 0 Å². The van der Waals surface area contributed by atoms with Gasteiger partial charge in [-0.1, -0.05) is 32.1 Å². The Kier molecular flexibility index (Phi) is 6.16. The van der Waals surface area contributed by atoms with Crippen LogP contribution in [-0.2, 0) is 4.74 Å². The van der Waals surface area contributed by atoms with E-state index in [0.29, 0.717) is 10.6 Å². The molecule has 0 spiro atoms. The molecule has 0 amide bonds. The van der Waals surface area contributed by atoms with Gasteiger partial charge in [-0.3, -0.25) is 4.57 Å². The first-order valence-electron chi connectivity index (χ1n) is 6.29. The quantitative estimate of drug-likeness (QED) is 0.742. The van der Waals surface area contributed by atoms with Gasteiger partial charge in [0.15, 0.2) is 0 Å². The zero-order valence-electron chi connectivity index (χ0n) is 11.3. The van der Waals surface area contributed by atoms with E-state index in [-0.39, 0.29) is 6.23 Å². The number of unbranched alkanes of at least 4 members (excludes halogenated alkanes) is 1. The van der Waals surface area contributed by atoms with Crippen molar-refractivity contribution >= 4 is 24.3 Å². The lowest BCUT2D eigenvalue weighted by Crippen LogP contribution is -2.31. The fourth-order valence-corrected chi connectivity index (χ4v) is 1.97. The topological polar surface area (TPSA) is 27.1 Å². The van der Waals surface area contributed by atoms with Gasteiger partial charge in [-0.05, 0) is 37.9 Å². The van der Waals surface area contributed by atoms with Gasteiger partial charge in [0.2, 0.25) is 5.28 Å². The Morgan fingerprint density at radius 2 is 2.28 bits per heavy atom. The minimum absolute atomic E-state index is 0.136. The lowest BCUT2D eigenvalue weighted by atomic mass is 10.4. The highest BCUT2D eigenvalue weighted by atomic mass is 35.5. The molecule has 0 fully saturated rings. The predicted molar refractivity (Wildman–Crippen MR) is 76.9 cm³/mol. The van der Waals surface area contributed by atoms with Gasteiger partial charge in [-0.25, -0.2) is 4.98 Å². The number of rotatable bonds is 6. The molecular weight excluding hydrogens is 248 g/mol. The largest absolute Gasteiger partial charge is 0.358 e. The monoisotopic (exact) mass is 268 g/mol. The van der Waals surface area contributed by atoms with Crippen LogP contribution in [0.5, 0.6) is 0 Å². The number of aromatic nitrogens is 2. The van der Waals surface area contributed by atoms with Gasteiger partial charge < -0.3 is 4.74 Å². The summed E-state index contributed by atoms with van der Waals surface area (Å²) < 4.78 is 7.61. The fraction of sp³-hybridized carbons (Fsp3) is 0.500. The molecule has 0 radical (unpaired) electrons. The van der Waals surface area contributed by atoms with Crippen molar-refractivity contribution in [2.24, 2.45) is 0 Å². The summed E-state index contributed by atoms with van der Waals surface area (Å²) in [5, 5.41) is 1.98. The van der Waals surface area contributed by atoms with Crippen molar-refractivity contribution in [3.8, 4) is 0 Å². The Bertz CT molecular complexity index is 505. The molecule has 0 aliphatic heterocycles. The number of ether oxygens (including phenoxy) is 1. The second-order valence-corrected chi connectivity index (χ2v) is 4.44. The summed E-state index contributed by atoms with van der Waals surface area (Å²) >= 11 is 6.12. The van der Waals surface area contributed by atoms with E-state index in [1.54, 1.807) is 0 Å². The van der Waals surface area contributed by atoms with Crippen LogP contribution in [0, 0.1) is 0 Å². The van der Waals surface area contributed by atoms with E-state index >= 15 is 0 Å². The summed E-state index contributed by atoms with van der Waals surface area (Å²) in [4.78, 5) is 4.19. The van der Waals surface area contributed by atoms with E-state index in [2.05, 4.69) is 18.5 Å². The van der Waals surface area contributed by atoms with Crippen LogP contribution in [0.2, 0.25) is 5.28 Å². The maximum absolute atomic E-state index is 6.12. The van der Waals surface area contributed by atoms with E-state index in [1.807, 2.05) is 36.6 Å². The fourth-order valence-electron chi connectivity index (χ4n) is 1.64. The number of imidazole rings is 1. The zero-order chi connectivity index (χ0) is 13.5. The number of hydrogen-bond acceptors (Lipinski definition) is 2. The summed E-state index contributed by atoms with van der Waals surface area (Å²) in [5.74, 6) is 0. The molecule has 0 saturated carbocycles. The number of hydrogen-bond donors (Lipinski definition) is 0. The third-order valence-electron chi connectivity index (χ3n) is 2.65. The zero-order valence-corrected chi connectivity index (χ0v) is 12.1. The van der Waals surface area contributed by atoms with Crippen LogP contribution in [-0.4, -0.2) is 16.2 Å². The standard InChI is InChI=1S/C14H21ClN2O/c1-5-7-9-13-11(3)16-14(15)17(13)12(4)18-10-8-6-2/h5,7,9,12H,3,6,8,10H2,1-2,4H3. The minimum atomic E-state index is -0.136. The highest BCUT2D eigenvalue weighted by molar-refractivity contribution is 6.28. The maximum atomic E-state index is 6.12. The van der Waals surface area contributed by atoms with Gasteiger partial charge in [-0.2, -0.15) is 0 Å². The van der Waals surface area contributed by atoms with E-state index in [4.69, 9.17) is 16.3 Å². The summed E-state index contributed by atoms with van der Waals surface area (Å²) in [5.41, 5.74) is 0. The molecule has 1 heterocycles. The number of allylic oxidation sites excluding steroid dienone is 2. The first kappa shape index (κ1) is 15.0. The van der Waals surface area contributed by atoms with Crippen LogP contribution >= 0.6 is 11.6 Å². The van der Waals surface area contributed by atoms with Crippen molar-refractivity contribution in [2.45, 2.75) is 39.8 Å². The molecule has 1 aromatic heterocycles. The van der Waals surface area contributed by atoms with Gasteiger partial charge in [0.25, 0.3) is 0 Å².